The highest BCUT2D eigenvalue weighted by atomic mass is 16.5. The molecule has 1 fully saturated rings. The van der Waals surface area contributed by atoms with Crippen LogP contribution in [0.15, 0.2) is 18.2 Å². The summed E-state index contributed by atoms with van der Waals surface area (Å²) in [5.41, 5.74) is 7.96. The first-order valence-corrected chi connectivity index (χ1v) is 6.80. The zero-order valence-corrected chi connectivity index (χ0v) is 11.6. The average Bonchev–Trinajstić information content (AvgIpc) is 2.34. The second-order valence-corrected chi connectivity index (χ2v) is 5.38. The van der Waals surface area contributed by atoms with Crippen LogP contribution in [0.1, 0.15) is 38.7 Å². The van der Waals surface area contributed by atoms with Gasteiger partial charge in [-0.25, -0.2) is 0 Å². The number of nitrogen functional groups attached to an aromatic ring is 1. The highest BCUT2D eigenvalue weighted by molar-refractivity contribution is 5.54. The third-order valence-electron chi connectivity index (χ3n) is 4.04. The Labute approximate surface area is 110 Å². The maximum absolute atomic E-state index is 5.96. The molecular weight excluding hydrogens is 224 g/mol. The number of nitrogens with two attached hydrogens (primary N) is 1. The standard InChI is InChI=1S/C15H24N2O/c1-11-5-4-6-12(2)17(11)10-13-7-8-15(18-3)14(16)9-13/h7-9,11-12H,4-6,10,16H2,1-3H3. The van der Waals surface area contributed by atoms with E-state index >= 15 is 0 Å². The summed E-state index contributed by atoms with van der Waals surface area (Å²) < 4.78 is 5.19. The molecule has 1 aliphatic heterocycles. The summed E-state index contributed by atoms with van der Waals surface area (Å²) in [5, 5.41) is 0. The molecule has 1 heterocycles. The first kappa shape index (κ1) is 13.2. The number of anilines is 1. The summed E-state index contributed by atoms with van der Waals surface area (Å²) in [5.74, 6) is 0.762. The minimum Gasteiger partial charge on any atom is -0.495 e. The molecule has 1 saturated heterocycles. The number of benzene rings is 1. The highest BCUT2D eigenvalue weighted by Gasteiger charge is 2.24. The van der Waals surface area contributed by atoms with Crippen molar-refractivity contribution in [1.29, 1.82) is 0 Å². The van der Waals surface area contributed by atoms with Crippen LogP contribution in [0.5, 0.6) is 5.75 Å². The highest BCUT2D eigenvalue weighted by Crippen LogP contribution is 2.27. The van der Waals surface area contributed by atoms with Gasteiger partial charge in [0.2, 0.25) is 0 Å². The topological polar surface area (TPSA) is 38.5 Å². The van der Waals surface area contributed by atoms with Gasteiger partial charge in [0.15, 0.2) is 0 Å². The van der Waals surface area contributed by atoms with Crippen LogP contribution >= 0.6 is 0 Å². The van der Waals surface area contributed by atoms with Crippen LogP contribution in [0.3, 0.4) is 0 Å². The van der Waals surface area contributed by atoms with Gasteiger partial charge in [0.05, 0.1) is 12.8 Å². The molecule has 3 heteroatoms. The van der Waals surface area contributed by atoms with Crippen LogP contribution in [0.2, 0.25) is 0 Å². The lowest BCUT2D eigenvalue weighted by Gasteiger charge is -2.39. The molecule has 0 spiro atoms. The van der Waals surface area contributed by atoms with Crippen molar-refractivity contribution in [3.8, 4) is 5.75 Å². The first-order chi connectivity index (χ1) is 8.61. The van der Waals surface area contributed by atoms with Crippen molar-refractivity contribution in [3.63, 3.8) is 0 Å². The molecule has 2 atom stereocenters. The number of methoxy groups -OCH3 is 1. The van der Waals surface area contributed by atoms with Gasteiger partial charge in [0, 0.05) is 18.6 Å². The Morgan fingerprint density at radius 1 is 1.28 bits per heavy atom. The van der Waals surface area contributed by atoms with Gasteiger partial charge in [-0.1, -0.05) is 12.5 Å². The lowest BCUT2D eigenvalue weighted by Crippen LogP contribution is -2.42. The number of rotatable bonds is 3. The van der Waals surface area contributed by atoms with Crippen LogP contribution in [0.4, 0.5) is 5.69 Å². The van der Waals surface area contributed by atoms with E-state index < -0.39 is 0 Å². The molecule has 0 saturated carbocycles. The molecule has 2 unspecified atom stereocenters. The molecule has 0 bridgehead atoms. The van der Waals surface area contributed by atoms with Crippen LogP contribution in [-0.2, 0) is 6.54 Å². The van der Waals surface area contributed by atoms with Crippen LogP contribution in [-0.4, -0.2) is 24.1 Å². The summed E-state index contributed by atoms with van der Waals surface area (Å²) in [7, 11) is 1.65. The van der Waals surface area contributed by atoms with Gasteiger partial charge in [-0.05, 0) is 44.4 Å². The molecule has 1 aromatic rings. The van der Waals surface area contributed by atoms with Gasteiger partial charge in [-0.3, -0.25) is 4.90 Å². The van der Waals surface area contributed by atoms with E-state index in [1.165, 1.54) is 24.8 Å². The molecule has 0 aliphatic carbocycles. The number of nitrogens with zero attached hydrogens (tertiary/aromatic N) is 1. The van der Waals surface area contributed by atoms with Gasteiger partial charge < -0.3 is 10.5 Å². The SMILES string of the molecule is COc1ccc(CN2C(C)CCCC2C)cc1N. The molecule has 0 radical (unpaired) electrons. The van der Waals surface area contributed by atoms with Gasteiger partial charge in [-0.15, -0.1) is 0 Å². The largest absolute Gasteiger partial charge is 0.495 e. The zero-order valence-electron chi connectivity index (χ0n) is 11.6. The number of hydrogen-bond acceptors (Lipinski definition) is 3. The summed E-state index contributed by atoms with van der Waals surface area (Å²) in [6.45, 7) is 5.63. The average molecular weight is 248 g/mol. The Kier molecular flexibility index (Phi) is 4.12. The quantitative estimate of drug-likeness (QED) is 0.836. The molecule has 2 rings (SSSR count). The van der Waals surface area contributed by atoms with Crippen molar-refractivity contribution in [3.05, 3.63) is 23.8 Å². The van der Waals surface area contributed by atoms with Crippen LogP contribution in [0.25, 0.3) is 0 Å². The maximum Gasteiger partial charge on any atom is 0.141 e. The van der Waals surface area contributed by atoms with E-state index in [0.29, 0.717) is 12.1 Å². The van der Waals surface area contributed by atoms with E-state index in [-0.39, 0.29) is 0 Å². The summed E-state index contributed by atoms with van der Waals surface area (Å²) in [4.78, 5) is 2.57. The first-order valence-electron chi connectivity index (χ1n) is 6.80. The summed E-state index contributed by atoms with van der Waals surface area (Å²) in [6, 6.07) is 7.44. The fraction of sp³-hybridized carbons (Fsp3) is 0.600. The fourth-order valence-corrected chi connectivity index (χ4v) is 2.88. The Bertz CT molecular complexity index is 395. The maximum atomic E-state index is 5.96. The van der Waals surface area contributed by atoms with Crippen molar-refractivity contribution in [2.75, 3.05) is 12.8 Å². The minimum atomic E-state index is 0.664. The fourth-order valence-electron chi connectivity index (χ4n) is 2.88. The van der Waals surface area contributed by atoms with Crippen molar-refractivity contribution in [2.45, 2.75) is 51.7 Å². The van der Waals surface area contributed by atoms with Crippen molar-refractivity contribution < 1.29 is 4.74 Å². The third-order valence-corrected chi connectivity index (χ3v) is 4.04. The zero-order chi connectivity index (χ0) is 13.1. The number of hydrogen-bond donors (Lipinski definition) is 1. The summed E-state index contributed by atoms with van der Waals surface area (Å²) in [6.07, 6.45) is 3.95. The normalized spacial score (nSPS) is 25.1. The predicted octanol–water partition coefficient (Wildman–Crippen LogP) is 3.04. The van der Waals surface area contributed by atoms with E-state index in [1.807, 2.05) is 12.1 Å². The lowest BCUT2D eigenvalue weighted by molar-refractivity contribution is 0.0953. The van der Waals surface area contributed by atoms with Crippen molar-refractivity contribution >= 4 is 5.69 Å². The molecular formula is C15H24N2O. The number of likely N-dealkylation sites (tertiary alicyclic amines) is 1. The van der Waals surface area contributed by atoms with E-state index in [4.69, 9.17) is 10.5 Å². The van der Waals surface area contributed by atoms with E-state index in [9.17, 15) is 0 Å². The monoisotopic (exact) mass is 248 g/mol. The molecule has 1 aliphatic rings. The molecule has 18 heavy (non-hydrogen) atoms. The van der Waals surface area contributed by atoms with Crippen LogP contribution in [0, 0.1) is 0 Å². The van der Waals surface area contributed by atoms with Gasteiger partial charge in [0.1, 0.15) is 5.75 Å². The molecule has 2 N–H and O–H groups in total. The van der Waals surface area contributed by atoms with E-state index in [2.05, 4.69) is 24.8 Å². The second kappa shape index (κ2) is 5.61. The molecule has 0 aromatic heterocycles. The molecule has 100 valence electrons. The van der Waals surface area contributed by atoms with Crippen LogP contribution < -0.4 is 10.5 Å². The predicted molar refractivity (Wildman–Crippen MR) is 75.7 cm³/mol. The van der Waals surface area contributed by atoms with E-state index in [1.54, 1.807) is 7.11 Å². The Balaban J connectivity index is 2.10. The molecule has 0 amide bonds. The smallest absolute Gasteiger partial charge is 0.141 e. The Morgan fingerprint density at radius 3 is 2.50 bits per heavy atom. The van der Waals surface area contributed by atoms with Gasteiger partial charge >= 0.3 is 0 Å². The van der Waals surface area contributed by atoms with E-state index in [0.717, 1.165) is 18.0 Å². The van der Waals surface area contributed by atoms with Crippen molar-refractivity contribution in [1.82, 2.24) is 4.90 Å². The third kappa shape index (κ3) is 2.78. The molecule has 1 aromatic carbocycles. The minimum absolute atomic E-state index is 0.664. The summed E-state index contributed by atoms with van der Waals surface area (Å²) >= 11 is 0. The van der Waals surface area contributed by atoms with Gasteiger partial charge in [-0.2, -0.15) is 0 Å². The number of piperidine rings is 1. The molecule has 3 nitrogen and oxygen atoms in total. The van der Waals surface area contributed by atoms with Crippen molar-refractivity contribution in [2.24, 2.45) is 0 Å². The second-order valence-electron chi connectivity index (χ2n) is 5.38. The Morgan fingerprint density at radius 2 is 1.94 bits per heavy atom. The van der Waals surface area contributed by atoms with Gasteiger partial charge in [0.25, 0.3) is 0 Å². The lowest BCUT2D eigenvalue weighted by atomic mass is 9.96. The Hall–Kier alpha value is -1.22. The number of ether oxygens (including phenoxy) is 1.